The van der Waals surface area contributed by atoms with Crippen molar-refractivity contribution in [1.29, 1.82) is 0 Å². The third-order valence-electron chi connectivity index (χ3n) is 4.69. The summed E-state index contributed by atoms with van der Waals surface area (Å²) in [6.45, 7) is 0. The van der Waals surface area contributed by atoms with Gasteiger partial charge in [0, 0.05) is 30.0 Å². The van der Waals surface area contributed by atoms with Crippen LogP contribution in [0.25, 0.3) is 0 Å². The van der Waals surface area contributed by atoms with Gasteiger partial charge in [-0.3, -0.25) is 19.1 Å². The van der Waals surface area contributed by atoms with E-state index in [1.807, 2.05) is 0 Å². The van der Waals surface area contributed by atoms with Crippen LogP contribution < -0.4 is 9.77 Å². The fraction of sp³-hybridized carbons (Fsp3) is 0.158. The molecule has 144 valence electrons. The van der Waals surface area contributed by atoms with E-state index in [0.717, 1.165) is 23.5 Å². The SMILES string of the molecule is Cn1c2c(sc1=O)[C@@H](c1ccc(F)c(F)c1F)CC(=O)N2c1ccc(Cl)cc1. The third kappa shape index (κ3) is 2.84. The maximum absolute atomic E-state index is 14.4. The molecule has 0 unspecified atom stereocenters. The van der Waals surface area contributed by atoms with Crippen LogP contribution in [0.1, 0.15) is 22.8 Å². The van der Waals surface area contributed by atoms with Gasteiger partial charge in [0.2, 0.25) is 5.91 Å². The number of halogens is 4. The number of carbonyl (C=O) groups is 1. The summed E-state index contributed by atoms with van der Waals surface area (Å²) in [6.07, 6.45) is -0.197. The van der Waals surface area contributed by atoms with Crippen LogP contribution >= 0.6 is 22.9 Å². The Hall–Kier alpha value is -2.58. The molecule has 0 fully saturated rings. The van der Waals surface area contributed by atoms with Crippen molar-refractivity contribution in [2.24, 2.45) is 7.05 Å². The van der Waals surface area contributed by atoms with Gasteiger partial charge in [0.05, 0.1) is 10.6 Å². The zero-order chi connectivity index (χ0) is 20.2. The molecule has 3 aromatic rings. The van der Waals surface area contributed by atoms with Gasteiger partial charge in [0.25, 0.3) is 0 Å². The molecule has 0 aliphatic carbocycles. The van der Waals surface area contributed by atoms with Gasteiger partial charge < -0.3 is 0 Å². The number of nitrogens with zero attached hydrogens (tertiary/aromatic N) is 2. The van der Waals surface area contributed by atoms with Gasteiger partial charge in [0.1, 0.15) is 5.82 Å². The predicted octanol–water partition coefficient (Wildman–Crippen LogP) is 4.72. The largest absolute Gasteiger partial charge is 0.308 e. The summed E-state index contributed by atoms with van der Waals surface area (Å²) in [6, 6.07) is 8.40. The molecule has 0 saturated heterocycles. The zero-order valence-electron chi connectivity index (χ0n) is 14.4. The molecule has 1 aliphatic heterocycles. The number of hydrogen-bond acceptors (Lipinski definition) is 3. The molecule has 0 bridgehead atoms. The standard InChI is InChI=1S/C19H12ClF3N2O2S/c1-24-18-17(28-19(24)27)12(11-6-7-13(21)16(23)15(11)22)8-14(26)25(18)10-4-2-9(20)3-5-10/h2-7,12H,8H2,1H3/t12-/m1/s1. The van der Waals surface area contributed by atoms with Gasteiger partial charge in [-0.05, 0) is 30.3 Å². The van der Waals surface area contributed by atoms with E-state index in [0.29, 0.717) is 15.6 Å². The van der Waals surface area contributed by atoms with Crippen molar-refractivity contribution in [3.63, 3.8) is 0 Å². The van der Waals surface area contributed by atoms with Gasteiger partial charge in [-0.25, -0.2) is 13.2 Å². The molecule has 4 rings (SSSR count). The number of hydrogen-bond donors (Lipinski definition) is 0. The van der Waals surface area contributed by atoms with Crippen LogP contribution in [-0.2, 0) is 11.8 Å². The summed E-state index contributed by atoms with van der Waals surface area (Å²) in [5.74, 6) is -5.28. The van der Waals surface area contributed by atoms with E-state index >= 15 is 0 Å². The number of anilines is 2. The second-order valence-corrected chi connectivity index (χ2v) is 7.77. The molecule has 0 saturated carbocycles. The Morgan fingerprint density at radius 3 is 2.39 bits per heavy atom. The minimum Gasteiger partial charge on any atom is -0.288 e. The Labute approximate surface area is 166 Å². The van der Waals surface area contributed by atoms with Crippen molar-refractivity contribution in [2.45, 2.75) is 12.3 Å². The molecule has 1 atom stereocenters. The van der Waals surface area contributed by atoms with E-state index in [9.17, 15) is 22.8 Å². The van der Waals surface area contributed by atoms with E-state index < -0.39 is 29.3 Å². The second-order valence-electron chi connectivity index (χ2n) is 6.34. The first kappa shape index (κ1) is 18.8. The van der Waals surface area contributed by atoms with Gasteiger partial charge in [-0.1, -0.05) is 29.0 Å². The molecule has 0 radical (unpaired) electrons. The minimum atomic E-state index is -1.60. The van der Waals surface area contributed by atoms with E-state index in [2.05, 4.69) is 0 Å². The molecule has 0 N–H and O–H groups in total. The highest BCUT2D eigenvalue weighted by atomic mass is 35.5. The lowest BCUT2D eigenvalue weighted by Gasteiger charge is -2.32. The first-order valence-corrected chi connectivity index (χ1v) is 9.40. The molecular formula is C19H12ClF3N2O2S. The number of fused-ring (bicyclic) bond motifs is 1. The number of rotatable bonds is 2. The van der Waals surface area contributed by atoms with Crippen molar-refractivity contribution in [1.82, 2.24) is 4.57 Å². The molecule has 28 heavy (non-hydrogen) atoms. The maximum atomic E-state index is 14.4. The average Bonchev–Trinajstić information content (AvgIpc) is 2.96. The van der Waals surface area contributed by atoms with Crippen LogP contribution in [0.4, 0.5) is 24.7 Å². The van der Waals surface area contributed by atoms with Crippen molar-refractivity contribution in [3.8, 4) is 0 Å². The van der Waals surface area contributed by atoms with Crippen molar-refractivity contribution in [2.75, 3.05) is 4.90 Å². The Morgan fingerprint density at radius 2 is 1.71 bits per heavy atom. The summed E-state index contributed by atoms with van der Waals surface area (Å²) in [5, 5.41) is 0.481. The van der Waals surface area contributed by atoms with Gasteiger partial charge in [-0.15, -0.1) is 0 Å². The number of amides is 1. The fourth-order valence-electron chi connectivity index (χ4n) is 3.34. The van der Waals surface area contributed by atoms with Crippen LogP contribution in [0.3, 0.4) is 0 Å². The first-order chi connectivity index (χ1) is 13.3. The lowest BCUT2D eigenvalue weighted by Crippen LogP contribution is -2.35. The maximum Gasteiger partial charge on any atom is 0.308 e. The molecule has 1 aromatic heterocycles. The summed E-state index contributed by atoms with van der Waals surface area (Å²) in [4.78, 5) is 26.7. The van der Waals surface area contributed by atoms with Crippen LogP contribution in [0, 0.1) is 17.5 Å². The van der Waals surface area contributed by atoms with E-state index in [4.69, 9.17) is 11.6 Å². The lowest BCUT2D eigenvalue weighted by molar-refractivity contribution is -0.118. The van der Waals surface area contributed by atoms with Crippen LogP contribution in [0.5, 0.6) is 0 Å². The highest BCUT2D eigenvalue weighted by Gasteiger charge is 2.39. The summed E-state index contributed by atoms with van der Waals surface area (Å²) in [7, 11) is 1.50. The topological polar surface area (TPSA) is 42.3 Å². The molecule has 4 nitrogen and oxygen atoms in total. The summed E-state index contributed by atoms with van der Waals surface area (Å²) in [5.41, 5.74) is 0.333. The zero-order valence-corrected chi connectivity index (χ0v) is 16.0. The molecule has 2 heterocycles. The third-order valence-corrected chi connectivity index (χ3v) is 6.08. The monoisotopic (exact) mass is 424 g/mol. The van der Waals surface area contributed by atoms with Crippen molar-refractivity contribution >= 4 is 40.4 Å². The van der Waals surface area contributed by atoms with Gasteiger partial charge >= 0.3 is 4.87 Å². The first-order valence-electron chi connectivity index (χ1n) is 8.21. The van der Waals surface area contributed by atoms with Crippen molar-refractivity contribution < 1.29 is 18.0 Å². The normalized spacial score (nSPS) is 16.4. The number of carbonyl (C=O) groups excluding carboxylic acids is 1. The van der Waals surface area contributed by atoms with Crippen LogP contribution in [-0.4, -0.2) is 10.5 Å². The number of thiazole rings is 1. The Bertz CT molecular complexity index is 1160. The Balaban J connectivity index is 1.92. The molecule has 1 aliphatic rings. The molecule has 0 spiro atoms. The second kappa shape index (κ2) is 6.79. The summed E-state index contributed by atoms with van der Waals surface area (Å²) >= 11 is 6.75. The molecule has 1 amide bonds. The molecular weight excluding hydrogens is 413 g/mol. The van der Waals surface area contributed by atoms with E-state index in [1.165, 1.54) is 16.5 Å². The fourth-order valence-corrected chi connectivity index (χ4v) is 4.55. The lowest BCUT2D eigenvalue weighted by atomic mass is 9.90. The summed E-state index contributed by atoms with van der Waals surface area (Å²) < 4.78 is 42.8. The minimum absolute atomic E-state index is 0.161. The number of aromatic nitrogens is 1. The van der Waals surface area contributed by atoms with Gasteiger partial charge in [-0.2, -0.15) is 0 Å². The Morgan fingerprint density at radius 1 is 1.04 bits per heavy atom. The van der Waals surface area contributed by atoms with Crippen LogP contribution in [0.2, 0.25) is 5.02 Å². The van der Waals surface area contributed by atoms with Gasteiger partial charge in [0.15, 0.2) is 17.5 Å². The highest BCUT2D eigenvalue weighted by Crippen LogP contribution is 2.45. The van der Waals surface area contributed by atoms with E-state index in [-0.39, 0.29) is 22.7 Å². The Kier molecular flexibility index (Phi) is 4.55. The highest BCUT2D eigenvalue weighted by molar-refractivity contribution is 7.10. The van der Waals surface area contributed by atoms with E-state index in [1.54, 1.807) is 24.3 Å². The molecule has 9 heteroatoms. The number of benzene rings is 2. The van der Waals surface area contributed by atoms with Crippen molar-refractivity contribution in [3.05, 3.63) is 79.0 Å². The average molecular weight is 425 g/mol. The smallest absolute Gasteiger partial charge is 0.288 e. The van der Waals surface area contributed by atoms with Crippen LogP contribution in [0.15, 0.2) is 41.2 Å². The quantitative estimate of drug-likeness (QED) is 0.559. The predicted molar refractivity (Wildman–Crippen MR) is 101 cm³/mol. The molecule has 2 aromatic carbocycles.